The van der Waals surface area contributed by atoms with E-state index < -0.39 is 0 Å². The molecule has 24 heavy (non-hydrogen) atoms. The van der Waals surface area contributed by atoms with E-state index in [1.54, 1.807) is 27.4 Å². The van der Waals surface area contributed by atoms with Gasteiger partial charge in [0.15, 0.2) is 0 Å². The summed E-state index contributed by atoms with van der Waals surface area (Å²) in [4.78, 5) is 12.1. The van der Waals surface area contributed by atoms with Gasteiger partial charge < -0.3 is 19.5 Å². The molecule has 2 aromatic carbocycles. The van der Waals surface area contributed by atoms with Crippen LogP contribution in [0.25, 0.3) is 0 Å². The van der Waals surface area contributed by atoms with E-state index in [-0.39, 0.29) is 12.3 Å². The summed E-state index contributed by atoms with van der Waals surface area (Å²) in [6.07, 6.45) is 1.04. The molecule has 0 fully saturated rings. The van der Waals surface area contributed by atoms with Gasteiger partial charge in [0, 0.05) is 12.6 Å². The second-order valence-corrected chi connectivity index (χ2v) is 5.35. The van der Waals surface area contributed by atoms with Crippen molar-refractivity contribution >= 4 is 5.91 Å². The zero-order chi connectivity index (χ0) is 17.4. The molecule has 2 aromatic rings. The number of amides is 1. The SMILES string of the molecule is COc1cccc(CCNC(=O)Cc2cc(OC)cc(OC)c2)c1. The molecular weight excluding hydrogens is 306 g/mol. The lowest BCUT2D eigenvalue weighted by atomic mass is 10.1. The largest absolute Gasteiger partial charge is 0.497 e. The minimum Gasteiger partial charge on any atom is -0.497 e. The molecule has 0 unspecified atom stereocenters. The van der Waals surface area contributed by atoms with E-state index in [4.69, 9.17) is 14.2 Å². The van der Waals surface area contributed by atoms with E-state index in [1.807, 2.05) is 36.4 Å². The molecule has 2 rings (SSSR count). The Morgan fingerprint density at radius 2 is 1.50 bits per heavy atom. The Morgan fingerprint density at radius 1 is 0.875 bits per heavy atom. The first-order chi connectivity index (χ1) is 11.6. The third-order valence-corrected chi connectivity index (χ3v) is 3.65. The summed E-state index contributed by atoms with van der Waals surface area (Å²) < 4.78 is 15.6. The van der Waals surface area contributed by atoms with Gasteiger partial charge in [-0.3, -0.25) is 4.79 Å². The van der Waals surface area contributed by atoms with E-state index >= 15 is 0 Å². The van der Waals surface area contributed by atoms with Crippen LogP contribution in [0.3, 0.4) is 0 Å². The second-order valence-electron chi connectivity index (χ2n) is 5.35. The van der Waals surface area contributed by atoms with Crippen molar-refractivity contribution in [3.8, 4) is 17.2 Å². The standard InChI is InChI=1S/C19H23NO4/c1-22-16-6-4-5-14(9-16)7-8-20-19(21)12-15-10-17(23-2)13-18(11-15)24-3/h4-6,9-11,13H,7-8,12H2,1-3H3,(H,20,21). The number of benzene rings is 2. The summed E-state index contributed by atoms with van der Waals surface area (Å²) in [5, 5.41) is 2.93. The molecule has 1 N–H and O–H groups in total. The maximum atomic E-state index is 12.1. The van der Waals surface area contributed by atoms with Crippen LogP contribution >= 0.6 is 0 Å². The molecule has 5 heteroatoms. The van der Waals surface area contributed by atoms with Crippen molar-refractivity contribution in [1.29, 1.82) is 0 Å². The van der Waals surface area contributed by atoms with E-state index in [2.05, 4.69) is 5.32 Å². The van der Waals surface area contributed by atoms with Gasteiger partial charge in [0.2, 0.25) is 5.91 Å². The first kappa shape index (κ1) is 17.7. The highest BCUT2D eigenvalue weighted by molar-refractivity contribution is 5.78. The van der Waals surface area contributed by atoms with Crippen LogP contribution in [0, 0.1) is 0 Å². The highest BCUT2D eigenvalue weighted by Crippen LogP contribution is 2.22. The fraction of sp³-hybridized carbons (Fsp3) is 0.316. The van der Waals surface area contributed by atoms with E-state index in [0.29, 0.717) is 18.0 Å². The highest BCUT2D eigenvalue weighted by atomic mass is 16.5. The predicted octanol–water partition coefficient (Wildman–Crippen LogP) is 2.61. The molecule has 1 amide bonds. The molecule has 0 bridgehead atoms. The minimum atomic E-state index is -0.0341. The average molecular weight is 329 g/mol. The maximum Gasteiger partial charge on any atom is 0.224 e. The second kappa shape index (κ2) is 8.82. The van der Waals surface area contributed by atoms with Gasteiger partial charge >= 0.3 is 0 Å². The smallest absolute Gasteiger partial charge is 0.224 e. The number of ether oxygens (including phenoxy) is 3. The Balaban J connectivity index is 1.87. The van der Waals surface area contributed by atoms with Crippen LogP contribution in [0.4, 0.5) is 0 Å². The number of carbonyl (C=O) groups is 1. The third kappa shape index (κ3) is 5.19. The first-order valence-corrected chi connectivity index (χ1v) is 7.76. The maximum absolute atomic E-state index is 12.1. The van der Waals surface area contributed by atoms with Crippen LogP contribution in [0.5, 0.6) is 17.2 Å². The molecular formula is C19H23NO4. The molecule has 5 nitrogen and oxygen atoms in total. The minimum absolute atomic E-state index is 0.0341. The summed E-state index contributed by atoms with van der Waals surface area (Å²) in [6.45, 7) is 0.576. The number of nitrogens with one attached hydrogen (secondary N) is 1. The summed E-state index contributed by atoms with van der Waals surface area (Å²) in [5.41, 5.74) is 1.97. The fourth-order valence-electron chi connectivity index (χ4n) is 2.39. The summed E-state index contributed by atoms with van der Waals surface area (Å²) in [7, 11) is 4.82. The van der Waals surface area contributed by atoms with Crippen LogP contribution in [-0.2, 0) is 17.6 Å². The van der Waals surface area contributed by atoms with E-state index in [1.165, 1.54) is 0 Å². The fourth-order valence-corrected chi connectivity index (χ4v) is 2.39. The van der Waals surface area contributed by atoms with Crippen molar-refractivity contribution in [2.45, 2.75) is 12.8 Å². The van der Waals surface area contributed by atoms with Gasteiger partial charge in [-0.1, -0.05) is 12.1 Å². The van der Waals surface area contributed by atoms with Crippen LogP contribution in [0.2, 0.25) is 0 Å². The van der Waals surface area contributed by atoms with Crippen LogP contribution in [-0.4, -0.2) is 33.8 Å². The van der Waals surface area contributed by atoms with Gasteiger partial charge in [0.25, 0.3) is 0 Å². The normalized spacial score (nSPS) is 10.1. The number of hydrogen-bond donors (Lipinski definition) is 1. The van der Waals surface area contributed by atoms with Crippen molar-refractivity contribution in [3.63, 3.8) is 0 Å². The van der Waals surface area contributed by atoms with Gasteiger partial charge in [-0.05, 0) is 41.8 Å². The Bertz CT molecular complexity index is 663. The van der Waals surface area contributed by atoms with Gasteiger partial charge in [-0.25, -0.2) is 0 Å². The molecule has 0 spiro atoms. The van der Waals surface area contributed by atoms with Crippen molar-refractivity contribution in [2.75, 3.05) is 27.9 Å². The summed E-state index contributed by atoms with van der Waals surface area (Å²) in [5.74, 6) is 2.14. The molecule has 0 radical (unpaired) electrons. The van der Waals surface area contributed by atoms with Crippen LogP contribution in [0.15, 0.2) is 42.5 Å². The summed E-state index contributed by atoms with van der Waals surface area (Å²) in [6, 6.07) is 13.3. The summed E-state index contributed by atoms with van der Waals surface area (Å²) >= 11 is 0. The molecule has 0 aliphatic heterocycles. The average Bonchev–Trinajstić information content (AvgIpc) is 2.61. The van der Waals surface area contributed by atoms with Gasteiger partial charge in [0.05, 0.1) is 27.8 Å². The van der Waals surface area contributed by atoms with E-state index in [9.17, 15) is 4.79 Å². The van der Waals surface area contributed by atoms with Crippen molar-refractivity contribution in [1.82, 2.24) is 5.32 Å². The Morgan fingerprint density at radius 3 is 2.12 bits per heavy atom. The van der Waals surface area contributed by atoms with Crippen LogP contribution < -0.4 is 19.5 Å². The molecule has 0 aromatic heterocycles. The van der Waals surface area contributed by atoms with Crippen molar-refractivity contribution < 1.29 is 19.0 Å². The zero-order valence-electron chi connectivity index (χ0n) is 14.3. The quantitative estimate of drug-likeness (QED) is 0.809. The molecule has 0 aliphatic rings. The number of hydrogen-bond acceptors (Lipinski definition) is 4. The topological polar surface area (TPSA) is 56.8 Å². The Kier molecular flexibility index (Phi) is 6.49. The lowest BCUT2D eigenvalue weighted by molar-refractivity contribution is -0.120. The molecule has 0 saturated carbocycles. The lowest BCUT2D eigenvalue weighted by Gasteiger charge is -2.09. The lowest BCUT2D eigenvalue weighted by Crippen LogP contribution is -2.27. The van der Waals surface area contributed by atoms with Crippen molar-refractivity contribution in [2.24, 2.45) is 0 Å². The Hall–Kier alpha value is -2.69. The van der Waals surface area contributed by atoms with Gasteiger partial charge in [-0.15, -0.1) is 0 Å². The van der Waals surface area contributed by atoms with Gasteiger partial charge in [0.1, 0.15) is 17.2 Å². The molecule has 128 valence electrons. The van der Waals surface area contributed by atoms with Crippen molar-refractivity contribution in [3.05, 3.63) is 53.6 Å². The monoisotopic (exact) mass is 329 g/mol. The number of carbonyl (C=O) groups excluding carboxylic acids is 1. The first-order valence-electron chi connectivity index (χ1n) is 7.76. The molecule has 0 saturated heterocycles. The Labute approximate surface area is 142 Å². The zero-order valence-corrected chi connectivity index (χ0v) is 14.3. The van der Waals surface area contributed by atoms with Gasteiger partial charge in [-0.2, -0.15) is 0 Å². The number of rotatable bonds is 8. The number of methoxy groups -OCH3 is 3. The molecule has 0 aliphatic carbocycles. The molecule has 0 atom stereocenters. The predicted molar refractivity (Wildman–Crippen MR) is 93.0 cm³/mol. The van der Waals surface area contributed by atoms with E-state index in [0.717, 1.165) is 23.3 Å². The van der Waals surface area contributed by atoms with Crippen LogP contribution in [0.1, 0.15) is 11.1 Å². The highest BCUT2D eigenvalue weighted by Gasteiger charge is 2.07. The third-order valence-electron chi connectivity index (χ3n) is 3.65. The molecule has 0 heterocycles.